The molecule has 0 aromatic rings. The number of halogens is 2. The molecule has 1 aliphatic heterocycles. The molecule has 2 saturated carbocycles. The van der Waals surface area contributed by atoms with E-state index in [2.05, 4.69) is 29.4 Å². The zero-order valence-electron chi connectivity index (χ0n) is 15.9. The number of nitrogens with one attached hydrogen (secondary N) is 2. The van der Waals surface area contributed by atoms with Gasteiger partial charge in [-0.25, -0.2) is 13.8 Å². The normalized spacial score (nSPS) is 36.0. The smallest absolute Gasteiger partial charge is 0.248 e. The molecule has 4 nitrogen and oxygen atoms in total. The molecule has 26 heavy (non-hydrogen) atoms. The van der Waals surface area contributed by atoms with Gasteiger partial charge in [-0.15, -0.1) is 0 Å². The van der Waals surface area contributed by atoms with Crippen LogP contribution >= 0.6 is 0 Å². The highest BCUT2D eigenvalue weighted by Gasteiger charge is 2.43. The van der Waals surface area contributed by atoms with E-state index in [0.717, 1.165) is 32.2 Å². The molecule has 0 aromatic heterocycles. The molecule has 4 atom stereocenters. The molecule has 1 saturated heterocycles. The van der Waals surface area contributed by atoms with Gasteiger partial charge in [-0.05, 0) is 68.3 Å². The van der Waals surface area contributed by atoms with Crippen molar-refractivity contribution in [3.05, 3.63) is 12.7 Å². The van der Waals surface area contributed by atoms with E-state index in [9.17, 15) is 13.6 Å². The lowest BCUT2D eigenvalue weighted by atomic mass is 9.64. The Morgan fingerprint density at radius 3 is 2.58 bits per heavy atom. The second-order valence-electron chi connectivity index (χ2n) is 8.59. The SMILES string of the molecule is C=CC(=O)NCC1CCC(C2CCC(F)(F)CC2)CC1C1CCN(C)N1. The first-order valence-corrected chi connectivity index (χ1v) is 10.1. The standard InChI is InChI=1S/C20H33F2N3O/c1-3-19(26)23-13-16-5-4-15(14-6-9-20(21,22)10-7-14)12-17(16)18-8-11-25(2)24-18/h3,14-18,24H,1,4-13H2,2H3,(H,23,26). The number of hydrogen-bond donors (Lipinski definition) is 2. The Hall–Kier alpha value is -1.01. The number of carbonyl (C=O) groups excluding carboxylic acids is 1. The van der Waals surface area contributed by atoms with Gasteiger partial charge in [-0.1, -0.05) is 6.58 Å². The zero-order chi connectivity index (χ0) is 18.7. The van der Waals surface area contributed by atoms with Crippen LogP contribution in [0.2, 0.25) is 0 Å². The van der Waals surface area contributed by atoms with E-state index in [1.165, 1.54) is 6.08 Å². The van der Waals surface area contributed by atoms with Crippen molar-refractivity contribution < 1.29 is 13.6 Å². The summed E-state index contributed by atoms with van der Waals surface area (Å²) in [6.07, 6.45) is 7.15. The van der Waals surface area contributed by atoms with Crippen LogP contribution in [0.3, 0.4) is 0 Å². The monoisotopic (exact) mass is 369 g/mol. The summed E-state index contributed by atoms with van der Waals surface area (Å²) in [5.74, 6) is -0.625. The molecular formula is C20H33F2N3O. The number of hydrazine groups is 1. The first-order valence-electron chi connectivity index (χ1n) is 10.1. The highest BCUT2D eigenvalue weighted by atomic mass is 19.3. The van der Waals surface area contributed by atoms with E-state index in [0.29, 0.717) is 49.1 Å². The fourth-order valence-electron chi connectivity index (χ4n) is 5.37. The van der Waals surface area contributed by atoms with Crippen molar-refractivity contribution in [2.45, 2.75) is 63.3 Å². The third kappa shape index (κ3) is 4.83. The number of alkyl halides is 2. The molecule has 2 N–H and O–H groups in total. The molecule has 0 spiro atoms. The Morgan fingerprint density at radius 1 is 1.23 bits per heavy atom. The molecule has 0 radical (unpaired) electrons. The predicted octanol–water partition coefficient (Wildman–Crippen LogP) is 3.36. The Balaban J connectivity index is 1.62. The van der Waals surface area contributed by atoms with Crippen molar-refractivity contribution in [1.29, 1.82) is 0 Å². The maximum absolute atomic E-state index is 13.5. The van der Waals surface area contributed by atoms with Crippen LogP contribution in [-0.2, 0) is 4.79 Å². The van der Waals surface area contributed by atoms with Crippen LogP contribution in [0.4, 0.5) is 8.78 Å². The van der Waals surface area contributed by atoms with Crippen molar-refractivity contribution in [2.75, 3.05) is 20.1 Å². The van der Waals surface area contributed by atoms with E-state index < -0.39 is 5.92 Å². The van der Waals surface area contributed by atoms with Crippen LogP contribution in [0.5, 0.6) is 0 Å². The van der Waals surface area contributed by atoms with E-state index >= 15 is 0 Å². The highest BCUT2D eigenvalue weighted by Crippen LogP contribution is 2.46. The minimum atomic E-state index is -2.45. The van der Waals surface area contributed by atoms with Gasteiger partial charge in [0.1, 0.15) is 0 Å². The fraction of sp³-hybridized carbons (Fsp3) is 0.850. The van der Waals surface area contributed by atoms with Gasteiger partial charge < -0.3 is 5.32 Å². The second-order valence-corrected chi connectivity index (χ2v) is 8.59. The summed E-state index contributed by atoms with van der Waals surface area (Å²) >= 11 is 0. The lowest BCUT2D eigenvalue weighted by Crippen LogP contribution is -2.46. The molecule has 1 amide bonds. The third-order valence-electron chi connectivity index (χ3n) is 6.92. The summed E-state index contributed by atoms with van der Waals surface area (Å²) in [4.78, 5) is 11.6. The molecular weight excluding hydrogens is 336 g/mol. The Kier molecular flexibility index (Phi) is 6.33. The van der Waals surface area contributed by atoms with Gasteiger partial charge in [0.05, 0.1) is 0 Å². The second kappa shape index (κ2) is 8.34. The van der Waals surface area contributed by atoms with E-state index in [4.69, 9.17) is 0 Å². The molecule has 6 heteroatoms. The van der Waals surface area contributed by atoms with Gasteiger partial charge in [0, 0.05) is 39.0 Å². The minimum absolute atomic E-state index is 0.0576. The molecule has 0 aromatic carbocycles. The lowest BCUT2D eigenvalue weighted by Gasteiger charge is -2.43. The Morgan fingerprint density at radius 2 is 1.96 bits per heavy atom. The lowest BCUT2D eigenvalue weighted by molar-refractivity contribution is -0.116. The van der Waals surface area contributed by atoms with Crippen LogP contribution in [0.15, 0.2) is 12.7 Å². The van der Waals surface area contributed by atoms with Gasteiger partial charge in [0.25, 0.3) is 0 Å². The molecule has 1 heterocycles. The molecule has 3 fully saturated rings. The van der Waals surface area contributed by atoms with Crippen LogP contribution in [0.1, 0.15) is 51.4 Å². The molecule has 0 bridgehead atoms. The summed E-state index contributed by atoms with van der Waals surface area (Å²) in [7, 11) is 2.07. The molecule has 148 valence electrons. The summed E-state index contributed by atoms with van der Waals surface area (Å²) in [6, 6.07) is 0.429. The number of hydrogen-bond acceptors (Lipinski definition) is 3. The predicted molar refractivity (Wildman–Crippen MR) is 98.6 cm³/mol. The first-order chi connectivity index (χ1) is 12.4. The largest absolute Gasteiger partial charge is 0.352 e. The summed E-state index contributed by atoms with van der Waals surface area (Å²) in [5.41, 5.74) is 3.57. The van der Waals surface area contributed by atoms with Crippen molar-refractivity contribution >= 4 is 5.91 Å². The molecule has 2 aliphatic carbocycles. The van der Waals surface area contributed by atoms with Crippen molar-refractivity contribution in [2.24, 2.45) is 23.7 Å². The van der Waals surface area contributed by atoms with Gasteiger partial charge in [0.15, 0.2) is 0 Å². The maximum Gasteiger partial charge on any atom is 0.248 e. The fourth-order valence-corrected chi connectivity index (χ4v) is 5.37. The average Bonchev–Trinajstić information content (AvgIpc) is 3.06. The van der Waals surface area contributed by atoms with E-state index in [-0.39, 0.29) is 18.7 Å². The number of carbonyl (C=O) groups is 1. The highest BCUT2D eigenvalue weighted by molar-refractivity contribution is 5.86. The van der Waals surface area contributed by atoms with Crippen LogP contribution in [0, 0.1) is 23.7 Å². The van der Waals surface area contributed by atoms with E-state index in [1.54, 1.807) is 0 Å². The van der Waals surface area contributed by atoms with Gasteiger partial charge in [-0.2, -0.15) is 0 Å². The number of rotatable bonds is 5. The van der Waals surface area contributed by atoms with Crippen LogP contribution < -0.4 is 10.7 Å². The number of amides is 1. The van der Waals surface area contributed by atoms with Crippen molar-refractivity contribution in [1.82, 2.24) is 15.8 Å². The van der Waals surface area contributed by atoms with Gasteiger partial charge in [-0.3, -0.25) is 10.2 Å². The van der Waals surface area contributed by atoms with Crippen molar-refractivity contribution in [3.63, 3.8) is 0 Å². The van der Waals surface area contributed by atoms with Crippen LogP contribution in [-0.4, -0.2) is 43.0 Å². The Labute approximate surface area is 155 Å². The van der Waals surface area contributed by atoms with Gasteiger partial charge >= 0.3 is 0 Å². The molecule has 3 rings (SSSR count). The summed E-state index contributed by atoms with van der Waals surface area (Å²) < 4.78 is 27.0. The first kappa shape index (κ1) is 19.7. The topological polar surface area (TPSA) is 44.4 Å². The summed E-state index contributed by atoms with van der Waals surface area (Å²) in [6.45, 7) is 5.25. The maximum atomic E-state index is 13.5. The van der Waals surface area contributed by atoms with Crippen molar-refractivity contribution in [3.8, 4) is 0 Å². The average molecular weight is 370 g/mol. The number of nitrogens with zero attached hydrogens (tertiary/aromatic N) is 1. The van der Waals surface area contributed by atoms with Crippen LogP contribution in [0.25, 0.3) is 0 Å². The quantitative estimate of drug-likeness (QED) is 0.731. The molecule has 4 unspecified atom stereocenters. The molecule has 3 aliphatic rings. The third-order valence-corrected chi connectivity index (χ3v) is 6.92. The zero-order valence-corrected chi connectivity index (χ0v) is 15.9. The summed E-state index contributed by atoms with van der Waals surface area (Å²) in [5, 5.41) is 5.12. The Bertz CT molecular complexity index is 503. The van der Waals surface area contributed by atoms with E-state index in [1.807, 2.05) is 0 Å². The minimum Gasteiger partial charge on any atom is -0.352 e. The van der Waals surface area contributed by atoms with Gasteiger partial charge in [0.2, 0.25) is 11.8 Å².